The van der Waals surface area contributed by atoms with E-state index < -0.39 is 0 Å². The molecule has 12 heavy (non-hydrogen) atoms. The molecular weight excluding hydrogens is 197 g/mol. The zero-order valence-electron chi connectivity index (χ0n) is 6.27. The molecule has 1 aromatic rings. The largest absolute Gasteiger partial charge is 0.388 e. The van der Waals surface area contributed by atoms with Crippen LogP contribution >= 0.6 is 23.2 Å². The maximum absolute atomic E-state index is 8.26. The van der Waals surface area contributed by atoms with Crippen molar-refractivity contribution < 1.29 is 4.74 Å². The van der Waals surface area contributed by atoms with Crippen LogP contribution in [0.4, 0.5) is 0 Å². The van der Waals surface area contributed by atoms with Crippen LogP contribution in [0.5, 0.6) is 5.75 Å². The van der Waals surface area contributed by atoms with E-state index in [0.717, 1.165) is 5.56 Å². The van der Waals surface area contributed by atoms with Gasteiger partial charge < -0.3 is 4.74 Å². The van der Waals surface area contributed by atoms with E-state index in [-0.39, 0.29) is 0 Å². The summed E-state index contributed by atoms with van der Waals surface area (Å²) in [4.78, 5) is 0. The Bertz CT molecular complexity index is 344. The molecule has 0 atom stereocenters. The minimum Gasteiger partial charge on any atom is -0.388 e. The predicted molar refractivity (Wildman–Crippen MR) is 47.4 cm³/mol. The monoisotopic (exact) mass is 201 g/mol. The van der Waals surface area contributed by atoms with Gasteiger partial charge in [-0.2, -0.15) is 0 Å². The molecule has 0 heterocycles. The molecule has 0 unspecified atom stereocenters. The van der Waals surface area contributed by atoms with Gasteiger partial charge in [0, 0.05) is 6.07 Å². The topological polar surface area (TPSA) is 33.0 Å². The van der Waals surface area contributed by atoms with Crippen LogP contribution in [-0.4, -0.2) is 0 Å². The first-order chi connectivity index (χ1) is 5.65. The number of halogens is 2. The van der Waals surface area contributed by atoms with Crippen LogP contribution < -0.4 is 4.74 Å². The number of benzene rings is 1. The number of nitrogens with zero attached hydrogens (tertiary/aromatic N) is 1. The fraction of sp³-hybridized carbons (Fsp3) is 0.125. The second-order valence-corrected chi connectivity index (χ2v) is 3.04. The highest BCUT2D eigenvalue weighted by atomic mass is 35.5. The molecule has 0 aliphatic heterocycles. The second kappa shape index (κ2) is 3.66. The van der Waals surface area contributed by atoms with Crippen LogP contribution in [0.15, 0.2) is 12.1 Å². The first kappa shape index (κ1) is 9.18. The number of rotatable bonds is 1. The van der Waals surface area contributed by atoms with Gasteiger partial charge in [0.25, 0.3) is 6.26 Å². The van der Waals surface area contributed by atoms with Gasteiger partial charge in [-0.3, -0.25) is 0 Å². The van der Waals surface area contributed by atoms with Crippen molar-refractivity contribution in [2.24, 2.45) is 0 Å². The summed E-state index contributed by atoms with van der Waals surface area (Å²) in [6.07, 6.45) is 1.57. The molecule has 0 amide bonds. The van der Waals surface area contributed by atoms with Crippen molar-refractivity contribution in [2.75, 3.05) is 0 Å². The highest BCUT2D eigenvalue weighted by molar-refractivity contribution is 6.42. The molecule has 0 saturated carbocycles. The molecule has 4 heteroatoms. The van der Waals surface area contributed by atoms with Crippen molar-refractivity contribution in [1.29, 1.82) is 5.26 Å². The fourth-order valence-electron chi connectivity index (χ4n) is 0.787. The van der Waals surface area contributed by atoms with Crippen molar-refractivity contribution in [3.63, 3.8) is 0 Å². The first-order valence-corrected chi connectivity index (χ1v) is 3.92. The maximum atomic E-state index is 8.26. The molecule has 0 aliphatic carbocycles. The average Bonchev–Trinajstić information content (AvgIpc) is 2.01. The summed E-state index contributed by atoms with van der Waals surface area (Å²) in [7, 11) is 0. The number of ether oxygens (including phenoxy) is 1. The lowest BCUT2D eigenvalue weighted by molar-refractivity contribution is 0.503. The summed E-state index contributed by atoms with van der Waals surface area (Å²) in [6, 6.07) is 3.17. The molecule has 0 N–H and O–H groups in total. The van der Waals surface area contributed by atoms with Crippen molar-refractivity contribution in [3.05, 3.63) is 27.7 Å². The lowest BCUT2D eigenvalue weighted by atomic mass is 10.2. The van der Waals surface area contributed by atoms with Crippen LogP contribution in [0.25, 0.3) is 0 Å². The van der Waals surface area contributed by atoms with Crippen LogP contribution in [0.2, 0.25) is 10.0 Å². The molecular formula is C8H5Cl2NO. The van der Waals surface area contributed by atoms with E-state index in [1.807, 2.05) is 0 Å². The van der Waals surface area contributed by atoms with E-state index in [4.69, 9.17) is 28.5 Å². The normalized spacial score (nSPS) is 9.17. The van der Waals surface area contributed by atoms with E-state index in [1.54, 1.807) is 19.2 Å². The van der Waals surface area contributed by atoms with Gasteiger partial charge in [-0.15, -0.1) is 5.26 Å². The Balaban J connectivity index is 3.16. The van der Waals surface area contributed by atoms with Gasteiger partial charge in [0.05, 0.1) is 10.0 Å². The van der Waals surface area contributed by atoms with Crippen molar-refractivity contribution in [2.45, 2.75) is 6.92 Å². The molecule has 0 saturated heterocycles. The Hall–Kier alpha value is -0.910. The minimum absolute atomic E-state index is 0.382. The predicted octanol–water partition coefficient (Wildman–Crippen LogP) is 3.16. The third-order valence-electron chi connectivity index (χ3n) is 1.37. The number of aryl methyl sites for hydroxylation is 1. The zero-order chi connectivity index (χ0) is 9.14. The summed E-state index contributed by atoms with van der Waals surface area (Å²) in [5.74, 6) is 0.437. The SMILES string of the molecule is Cc1cc(Cl)c(Cl)cc1OC#N. The van der Waals surface area contributed by atoms with Crippen LogP contribution in [0.3, 0.4) is 0 Å². The molecule has 1 aromatic carbocycles. The third-order valence-corrected chi connectivity index (χ3v) is 2.10. The van der Waals surface area contributed by atoms with Crippen LogP contribution in [0.1, 0.15) is 5.56 Å². The second-order valence-electron chi connectivity index (χ2n) is 2.23. The zero-order valence-corrected chi connectivity index (χ0v) is 7.78. The van der Waals surface area contributed by atoms with Gasteiger partial charge >= 0.3 is 0 Å². The number of hydrogen-bond acceptors (Lipinski definition) is 2. The van der Waals surface area contributed by atoms with Gasteiger partial charge in [-0.1, -0.05) is 23.2 Å². The van der Waals surface area contributed by atoms with E-state index in [0.29, 0.717) is 15.8 Å². The van der Waals surface area contributed by atoms with Crippen molar-refractivity contribution in [1.82, 2.24) is 0 Å². The summed E-state index contributed by atoms with van der Waals surface area (Å²) >= 11 is 11.4. The summed E-state index contributed by atoms with van der Waals surface area (Å²) in [5, 5.41) is 9.10. The Morgan fingerprint density at radius 3 is 2.50 bits per heavy atom. The van der Waals surface area contributed by atoms with Crippen molar-refractivity contribution >= 4 is 23.2 Å². The summed E-state index contributed by atoms with van der Waals surface area (Å²) in [5.41, 5.74) is 0.783. The van der Waals surface area contributed by atoms with Gasteiger partial charge in [0.2, 0.25) is 0 Å². The lowest BCUT2D eigenvalue weighted by Crippen LogP contribution is -1.86. The molecule has 62 valence electrons. The van der Waals surface area contributed by atoms with Crippen LogP contribution in [0, 0.1) is 18.4 Å². The summed E-state index contributed by atoms with van der Waals surface area (Å²) < 4.78 is 4.63. The molecule has 0 radical (unpaired) electrons. The molecule has 0 spiro atoms. The highest BCUT2D eigenvalue weighted by Gasteiger charge is 2.04. The molecule has 1 rings (SSSR count). The number of hydrogen-bond donors (Lipinski definition) is 0. The first-order valence-electron chi connectivity index (χ1n) is 3.16. The van der Waals surface area contributed by atoms with Gasteiger partial charge in [-0.05, 0) is 18.6 Å². The Morgan fingerprint density at radius 1 is 1.33 bits per heavy atom. The molecule has 2 nitrogen and oxygen atoms in total. The lowest BCUT2D eigenvalue weighted by Gasteiger charge is -2.02. The molecule has 0 aromatic heterocycles. The third kappa shape index (κ3) is 1.82. The van der Waals surface area contributed by atoms with Gasteiger partial charge in [0.1, 0.15) is 5.75 Å². The van der Waals surface area contributed by atoms with Gasteiger partial charge in [0.15, 0.2) is 0 Å². The van der Waals surface area contributed by atoms with E-state index >= 15 is 0 Å². The molecule has 0 fully saturated rings. The van der Waals surface area contributed by atoms with Crippen molar-refractivity contribution in [3.8, 4) is 12.0 Å². The van der Waals surface area contributed by atoms with Gasteiger partial charge in [-0.25, -0.2) is 0 Å². The average molecular weight is 202 g/mol. The van der Waals surface area contributed by atoms with E-state index in [1.165, 1.54) is 6.07 Å². The highest BCUT2D eigenvalue weighted by Crippen LogP contribution is 2.29. The smallest absolute Gasteiger partial charge is 0.292 e. The van der Waals surface area contributed by atoms with Crippen LogP contribution in [-0.2, 0) is 0 Å². The Labute approximate surface area is 80.3 Å². The summed E-state index contributed by atoms with van der Waals surface area (Å²) in [6.45, 7) is 1.79. The fourth-order valence-corrected chi connectivity index (χ4v) is 1.16. The van der Waals surface area contributed by atoms with E-state index in [9.17, 15) is 0 Å². The quantitative estimate of drug-likeness (QED) is 0.655. The van der Waals surface area contributed by atoms with E-state index in [2.05, 4.69) is 4.74 Å². The standard InChI is InChI=1S/C8H5Cl2NO/c1-5-2-6(9)7(10)3-8(5)12-4-11/h2-3H,1H3. The Kier molecular flexibility index (Phi) is 2.80. The number of nitriles is 1. The Morgan fingerprint density at radius 2 is 1.92 bits per heavy atom. The molecule has 0 bridgehead atoms. The molecule has 0 aliphatic rings. The maximum Gasteiger partial charge on any atom is 0.292 e. The minimum atomic E-state index is 0.382.